The van der Waals surface area contributed by atoms with Crippen LogP contribution in [0.4, 0.5) is 5.69 Å². The van der Waals surface area contributed by atoms with E-state index in [2.05, 4.69) is 22.4 Å². The highest BCUT2D eigenvalue weighted by Crippen LogP contribution is 2.24. The van der Waals surface area contributed by atoms with Crippen LogP contribution in [0.1, 0.15) is 26.7 Å². The van der Waals surface area contributed by atoms with Gasteiger partial charge in [0.15, 0.2) is 5.16 Å². The minimum Gasteiger partial charge on any atom is -0.324 e. The SMILES string of the molecule is CCCCn1c(S[C@H](C)C(=O)Nc2ccccc2Cl)n[nH]c1=O. The molecule has 0 saturated heterocycles. The summed E-state index contributed by atoms with van der Waals surface area (Å²) in [5, 5.41) is 9.80. The van der Waals surface area contributed by atoms with Gasteiger partial charge in [0.2, 0.25) is 5.91 Å². The fourth-order valence-corrected chi connectivity index (χ4v) is 2.98. The molecule has 1 heterocycles. The van der Waals surface area contributed by atoms with Crippen LogP contribution in [0.25, 0.3) is 0 Å². The van der Waals surface area contributed by atoms with Gasteiger partial charge in [0.25, 0.3) is 0 Å². The molecule has 1 aromatic carbocycles. The number of aromatic amines is 1. The first kappa shape index (κ1) is 17.6. The van der Waals surface area contributed by atoms with E-state index in [4.69, 9.17) is 11.6 Å². The summed E-state index contributed by atoms with van der Waals surface area (Å²) < 4.78 is 1.56. The molecule has 0 saturated carbocycles. The maximum atomic E-state index is 12.3. The Hall–Kier alpha value is -1.73. The molecule has 2 N–H and O–H groups in total. The lowest BCUT2D eigenvalue weighted by molar-refractivity contribution is -0.115. The largest absolute Gasteiger partial charge is 0.343 e. The predicted molar refractivity (Wildman–Crippen MR) is 93.2 cm³/mol. The Morgan fingerprint density at radius 3 is 2.91 bits per heavy atom. The number of nitrogens with zero attached hydrogens (tertiary/aromatic N) is 2. The van der Waals surface area contributed by atoms with Gasteiger partial charge in [-0.15, -0.1) is 5.10 Å². The van der Waals surface area contributed by atoms with E-state index >= 15 is 0 Å². The summed E-state index contributed by atoms with van der Waals surface area (Å²) in [7, 11) is 0. The van der Waals surface area contributed by atoms with E-state index in [1.54, 1.807) is 35.8 Å². The summed E-state index contributed by atoms with van der Waals surface area (Å²) in [5.74, 6) is -0.194. The molecule has 1 atom stereocenters. The van der Waals surface area contributed by atoms with Crippen LogP contribution in [0, 0.1) is 0 Å². The number of rotatable bonds is 7. The molecular formula is C15H19ClN4O2S. The summed E-state index contributed by atoms with van der Waals surface area (Å²) in [6.07, 6.45) is 1.86. The molecule has 6 nitrogen and oxygen atoms in total. The fraction of sp³-hybridized carbons (Fsp3) is 0.400. The number of carbonyl (C=O) groups is 1. The van der Waals surface area contributed by atoms with E-state index in [9.17, 15) is 9.59 Å². The Bertz CT molecular complexity index is 728. The van der Waals surface area contributed by atoms with Gasteiger partial charge in [-0.05, 0) is 25.5 Å². The monoisotopic (exact) mass is 354 g/mol. The van der Waals surface area contributed by atoms with Gasteiger partial charge in [-0.3, -0.25) is 9.36 Å². The van der Waals surface area contributed by atoms with E-state index in [0.29, 0.717) is 22.4 Å². The Labute approximate surface area is 143 Å². The molecule has 0 aliphatic carbocycles. The van der Waals surface area contributed by atoms with Crippen molar-refractivity contribution in [2.75, 3.05) is 5.32 Å². The summed E-state index contributed by atoms with van der Waals surface area (Å²) in [6, 6.07) is 7.05. The number of unbranched alkanes of at least 4 members (excludes halogenated alkanes) is 1. The number of hydrogen-bond donors (Lipinski definition) is 2. The zero-order chi connectivity index (χ0) is 16.8. The average molecular weight is 355 g/mol. The highest BCUT2D eigenvalue weighted by Gasteiger charge is 2.19. The minimum atomic E-state index is -0.415. The van der Waals surface area contributed by atoms with Crippen LogP contribution >= 0.6 is 23.4 Å². The molecule has 0 unspecified atom stereocenters. The summed E-state index contributed by atoms with van der Waals surface area (Å²) in [4.78, 5) is 24.0. The van der Waals surface area contributed by atoms with Crippen molar-refractivity contribution in [3.8, 4) is 0 Å². The number of amides is 1. The van der Waals surface area contributed by atoms with Crippen LogP contribution in [0.5, 0.6) is 0 Å². The number of halogens is 1. The third kappa shape index (κ3) is 4.62. The molecule has 2 rings (SSSR count). The number of thioether (sulfide) groups is 1. The molecule has 0 radical (unpaired) electrons. The fourth-order valence-electron chi connectivity index (χ4n) is 1.92. The normalized spacial score (nSPS) is 12.1. The maximum Gasteiger partial charge on any atom is 0.343 e. The number of benzene rings is 1. The molecule has 0 spiro atoms. The highest BCUT2D eigenvalue weighted by molar-refractivity contribution is 8.00. The van der Waals surface area contributed by atoms with Crippen LogP contribution in [-0.4, -0.2) is 25.9 Å². The molecule has 0 fully saturated rings. The lowest BCUT2D eigenvalue weighted by atomic mass is 10.3. The summed E-state index contributed by atoms with van der Waals surface area (Å²) in [6.45, 7) is 4.41. The van der Waals surface area contributed by atoms with Gasteiger partial charge in [-0.25, -0.2) is 9.89 Å². The maximum absolute atomic E-state index is 12.3. The molecule has 0 aliphatic rings. The smallest absolute Gasteiger partial charge is 0.324 e. The summed E-state index contributed by atoms with van der Waals surface area (Å²) >= 11 is 7.27. The molecule has 1 aromatic heterocycles. The van der Waals surface area contributed by atoms with Crippen molar-refractivity contribution in [3.05, 3.63) is 39.8 Å². The number of carbonyl (C=O) groups excluding carboxylic acids is 1. The second kappa shape index (κ2) is 8.21. The molecule has 0 aliphatic heterocycles. The molecule has 1 amide bonds. The molecular weight excluding hydrogens is 336 g/mol. The molecule has 0 bridgehead atoms. The van der Waals surface area contributed by atoms with Crippen LogP contribution in [-0.2, 0) is 11.3 Å². The third-order valence-electron chi connectivity index (χ3n) is 3.24. The van der Waals surface area contributed by atoms with Gasteiger partial charge in [-0.2, -0.15) is 0 Å². The Kier molecular flexibility index (Phi) is 6.29. The zero-order valence-corrected chi connectivity index (χ0v) is 14.6. The van der Waals surface area contributed by atoms with E-state index in [0.717, 1.165) is 12.8 Å². The van der Waals surface area contributed by atoms with Crippen molar-refractivity contribution in [2.24, 2.45) is 0 Å². The second-order valence-electron chi connectivity index (χ2n) is 5.05. The Morgan fingerprint density at radius 1 is 1.48 bits per heavy atom. The van der Waals surface area contributed by atoms with Gasteiger partial charge in [0.1, 0.15) is 0 Å². The lowest BCUT2D eigenvalue weighted by Gasteiger charge is -2.12. The van der Waals surface area contributed by atoms with Crippen molar-refractivity contribution >= 4 is 35.0 Å². The van der Waals surface area contributed by atoms with Crippen molar-refractivity contribution in [2.45, 2.75) is 43.6 Å². The quantitative estimate of drug-likeness (QED) is 0.748. The van der Waals surface area contributed by atoms with Gasteiger partial charge in [-0.1, -0.05) is 48.8 Å². The molecule has 2 aromatic rings. The number of nitrogens with one attached hydrogen (secondary N) is 2. The topological polar surface area (TPSA) is 79.8 Å². The van der Waals surface area contributed by atoms with Crippen LogP contribution in [0.2, 0.25) is 5.02 Å². The Balaban J connectivity index is 2.04. The first-order valence-electron chi connectivity index (χ1n) is 7.40. The molecule has 23 heavy (non-hydrogen) atoms. The molecule has 8 heteroatoms. The van der Waals surface area contributed by atoms with Crippen LogP contribution < -0.4 is 11.0 Å². The average Bonchev–Trinajstić information content (AvgIpc) is 2.87. The number of aromatic nitrogens is 3. The van der Waals surface area contributed by atoms with E-state index in [1.165, 1.54) is 11.8 Å². The van der Waals surface area contributed by atoms with Crippen molar-refractivity contribution < 1.29 is 4.79 Å². The van der Waals surface area contributed by atoms with Crippen molar-refractivity contribution in [3.63, 3.8) is 0 Å². The van der Waals surface area contributed by atoms with Gasteiger partial charge in [0.05, 0.1) is 16.0 Å². The van der Waals surface area contributed by atoms with Crippen molar-refractivity contribution in [1.82, 2.24) is 14.8 Å². The van der Waals surface area contributed by atoms with Crippen LogP contribution in [0.15, 0.2) is 34.2 Å². The number of hydrogen-bond acceptors (Lipinski definition) is 4. The lowest BCUT2D eigenvalue weighted by Crippen LogP contribution is -2.24. The number of H-pyrrole nitrogens is 1. The third-order valence-corrected chi connectivity index (χ3v) is 4.66. The first-order chi connectivity index (χ1) is 11.0. The van der Waals surface area contributed by atoms with Gasteiger partial charge >= 0.3 is 5.69 Å². The van der Waals surface area contributed by atoms with E-state index in [1.807, 2.05) is 0 Å². The summed E-state index contributed by atoms with van der Waals surface area (Å²) in [5.41, 5.74) is 0.316. The van der Waals surface area contributed by atoms with Crippen LogP contribution in [0.3, 0.4) is 0 Å². The van der Waals surface area contributed by atoms with Crippen molar-refractivity contribution in [1.29, 1.82) is 0 Å². The second-order valence-corrected chi connectivity index (χ2v) is 6.76. The molecule has 124 valence electrons. The van der Waals surface area contributed by atoms with Gasteiger partial charge < -0.3 is 5.32 Å². The zero-order valence-electron chi connectivity index (χ0n) is 13.0. The predicted octanol–water partition coefficient (Wildman–Crippen LogP) is 3.14. The van der Waals surface area contributed by atoms with Gasteiger partial charge in [0, 0.05) is 6.54 Å². The Morgan fingerprint density at radius 2 is 2.22 bits per heavy atom. The van der Waals surface area contributed by atoms with E-state index in [-0.39, 0.29) is 11.6 Å². The number of para-hydroxylation sites is 1. The van der Waals surface area contributed by atoms with E-state index < -0.39 is 5.25 Å². The number of anilines is 1. The highest BCUT2D eigenvalue weighted by atomic mass is 35.5. The first-order valence-corrected chi connectivity index (χ1v) is 8.66. The minimum absolute atomic E-state index is 0.194. The standard InChI is InChI=1S/C15H19ClN4O2S/c1-3-4-9-20-14(22)18-19-15(20)23-10(2)13(21)17-12-8-6-5-7-11(12)16/h5-8,10H,3-4,9H2,1-2H3,(H,17,21)(H,18,22)/t10-/m1/s1.